The minimum absolute atomic E-state index is 0. The molecule has 78 valence electrons. The molecule has 0 unspecified atom stereocenters. The van der Waals surface area contributed by atoms with Gasteiger partial charge in [0, 0.05) is 0 Å². The Labute approximate surface area is 91.2 Å². The van der Waals surface area contributed by atoms with Crippen LogP contribution in [0.15, 0.2) is 30.3 Å². The lowest BCUT2D eigenvalue weighted by Crippen LogP contribution is -3.00. The lowest BCUT2D eigenvalue weighted by molar-refractivity contribution is -0.142. The van der Waals surface area contributed by atoms with Gasteiger partial charge in [0.05, 0.1) is 7.11 Å². The molecule has 0 bridgehead atoms. The molecule has 1 rings (SSSR count). The molecule has 1 atom stereocenters. The topological polar surface area (TPSA) is 34.8 Å². The molecule has 0 amide bonds. The Morgan fingerprint density at radius 2 is 1.93 bits per heavy atom. The van der Waals surface area contributed by atoms with E-state index in [1.54, 1.807) is 7.11 Å². The van der Waals surface area contributed by atoms with Gasteiger partial charge in [0.15, 0.2) is 0 Å². The monoisotopic (exact) mass is 213 g/mol. The first-order chi connectivity index (χ1) is 6.29. The second-order valence-corrected chi connectivity index (χ2v) is 2.98. The normalized spacial score (nSPS) is 11.3. The second kappa shape index (κ2) is 6.44. The smallest absolute Gasteiger partial charge is 0.340 e. The third-order valence-corrected chi connectivity index (χ3v) is 2.19. The number of methoxy groups -OCH3 is 1. The van der Waals surface area contributed by atoms with Crippen molar-refractivity contribution < 1.29 is 22.6 Å². The molecule has 3 heteroatoms. The van der Waals surface area contributed by atoms with E-state index in [1.807, 2.05) is 18.2 Å². The molecule has 0 aliphatic rings. The van der Waals surface area contributed by atoms with Gasteiger partial charge in [0.25, 0.3) is 0 Å². The lowest BCUT2D eigenvalue weighted by atomic mass is 9.96. The fraction of sp³-hybridized carbons (Fsp3) is 0.364. The molecule has 14 heavy (non-hydrogen) atoms. The van der Waals surface area contributed by atoms with Crippen LogP contribution in [0.25, 0.3) is 0 Å². The Morgan fingerprint density at radius 3 is 2.36 bits per heavy atom. The predicted molar refractivity (Wildman–Crippen MR) is 53.4 cm³/mol. The van der Waals surface area contributed by atoms with Gasteiger partial charge in [-0.25, -0.2) is 5.41 Å². The van der Waals surface area contributed by atoms with Crippen LogP contribution in [-0.4, -0.2) is 13.0 Å². The van der Waals surface area contributed by atoms with Crippen LogP contribution < -0.4 is 17.8 Å². The first kappa shape index (κ1) is 13.0. The Morgan fingerprint density at radius 1 is 1.36 bits per heavy atom. The molecule has 0 fully saturated rings. The SMILES string of the molecule is CC[C@@H](C(=[NH2+])OC)c1ccccc1.[Cl-]. The average Bonchev–Trinajstić information content (AvgIpc) is 2.20. The van der Waals surface area contributed by atoms with Crippen molar-refractivity contribution >= 4 is 5.90 Å². The summed E-state index contributed by atoms with van der Waals surface area (Å²) in [7, 11) is 1.61. The maximum atomic E-state index is 5.75. The molecule has 1 aromatic carbocycles. The van der Waals surface area contributed by atoms with Gasteiger partial charge < -0.3 is 17.1 Å². The predicted octanol–water partition coefficient (Wildman–Crippen LogP) is -2.01. The highest BCUT2D eigenvalue weighted by Gasteiger charge is 2.19. The van der Waals surface area contributed by atoms with Crippen LogP contribution >= 0.6 is 0 Å². The zero-order valence-electron chi connectivity index (χ0n) is 8.53. The molecule has 0 heterocycles. The van der Waals surface area contributed by atoms with E-state index in [4.69, 9.17) is 10.1 Å². The summed E-state index contributed by atoms with van der Waals surface area (Å²) in [6.07, 6.45) is 0.962. The molecule has 0 spiro atoms. The molecular weight excluding hydrogens is 198 g/mol. The highest BCUT2D eigenvalue weighted by atomic mass is 35.5. The first-order valence-electron chi connectivity index (χ1n) is 4.50. The second-order valence-electron chi connectivity index (χ2n) is 2.98. The standard InChI is InChI=1S/C11H15NO.ClH/c1-3-10(11(12)13-2)9-7-5-4-6-8-9;/h4-8,10,12H,3H2,1-2H3;1H/t10-;/m1./s1. The molecule has 2 nitrogen and oxygen atoms in total. The van der Waals surface area contributed by atoms with E-state index < -0.39 is 0 Å². The van der Waals surface area contributed by atoms with Crippen molar-refractivity contribution in [2.75, 3.05) is 7.11 Å². The maximum Gasteiger partial charge on any atom is 0.340 e. The minimum atomic E-state index is 0. The van der Waals surface area contributed by atoms with Crippen LogP contribution in [0, 0.1) is 0 Å². The van der Waals surface area contributed by atoms with E-state index in [0.717, 1.165) is 6.42 Å². The zero-order chi connectivity index (χ0) is 9.68. The summed E-state index contributed by atoms with van der Waals surface area (Å²) >= 11 is 0. The number of halogens is 1. The molecule has 0 aliphatic heterocycles. The molecule has 0 saturated carbocycles. The summed E-state index contributed by atoms with van der Waals surface area (Å²) in [6, 6.07) is 10.2. The average molecular weight is 214 g/mol. The molecule has 0 aliphatic carbocycles. The molecular formula is C11H16ClNO. The van der Waals surface area contributed by atoms with Crippen LogP contribution in [0.4, 0.5) is 0 Å². The third-order valence-electron chi connectivity index (χ3n) is 2.19. The number of rotatable bonds is 3. The summed E-state index contributed by atoms with van der Waals surface area (Å²) in [4.78, 5) is 0. The highest BCUT2D eigenvalue weighted by Crippen LogP contribution is 2.19. The number of ether oxygens (including phenoxy) is 1. The van der Waals surface area contributed by atoms with Crippen molar-refractivity contribution in [3.8, 4) is 0 Å². The van der Waals surface area contributed by atoms with Crippen molar-refractivity contribution in [2.45, 2.75) is 19.3 Å². The fourth-order valence-electron chi connectivity index (χ4n) is 1.43. The van der Waals surface area contributed by atoms with Gasteiger partial charge in [-0.3, -0.25) is 0 Å². The minimum Gasteiger partial charge on any atom is -1.00 e. The van der Waals surface area contributed by atoms with E-state index in [1.165, 1.54) is 5.56 Å². The van der Waals surface area contributed by atoms with Crippen LogP contribution in [0.2, 0.25) is 0 Å². The van der Waals surface area contributed by atoms with Gasteiger partial charge >= 0.3 is 5.90 Å². The van der Waals surface area contributed by atoms with E-state index in [0.29, 0.717) is 5.90 Å². The van der Waals surface area contributed by atoms with Crippen molar-refractivity contribution in [1.29, 1.82) is 0 Å². The summed E-state index contributed by atoms with van der Waals surface area (Å²) in [5.41, 5.74) is 1.21. The Kier molecular flexibility index (Phi) is 5.97. The van der Waals surface area contributed by atoms with Gasteiger partial charge in [-0.1, -0.05) is 37.3 Å². The van der Waals surface area contributed by atoms with E-state index >= 15 is 0 Å². The van der Waals surface area contributed by atoms with Crippen LogP contribution in [0.3, 0.4) is 0 Å². The van der Waals surface area contributed by atoms with E-state index in [-0.39, 0.29) is 18.3 Å². The largest absolute Gasteiger partial charge is 1.00 e. The van der Waals surface area contributed by atoms with Crippen molar-refractivity contribution in [3.05, 3.63) is 35.9 Å². The molecule has 1 aromatic rings. The van der Waals surface area contributed by atoms with Crippen LogP contribution in [0.1, 0.15) is 24.8 Å². The maximum absolute atomic E-state index is 5.75. The van der Waals surface area contributed by atoms with Gasteiger partial charge in [-0.2, -0.15) is 0 Å². The Hall–Kier alpha value is -1.02. The zero-order valence-corrected chi connectivity index (χ0v) is 9.29. The number of hydrogen-bond donors (Lipinski definition) is 1. The molecule has 2 N–H and O–H groups in total. The fourth-order valence-corrected chi connectivity index (χ4v) is 1.43. The summed E-state index contributed by atoms with van der Waals surface area (Å²) in [6.45, 7) is 2.10. The van der Waals surface area contributed by atoms with Crippen LogP contribution in [0.5, 0.6) is 0 Å². The molecule has 0 aromatic heterocycles. The molecule has 0 saturated heterocycles. The third kappa shape index (κ3) is 3.04. The number of nitrogens with two attached hydrogens (primary N) is 1. The van der Waals surface area contributed by atoms with Gasteiger partial charge in [0.2, 0.25) is 0 Å². The van der Waals surface area contributed by atoms with Crippen molar-refractivity contribution in [2.24, 2.45) is 0 Å². The Bertz CT molecular complexity index is 274. The van der Waals surface area contributed by atoms with Crippen LogP contribution in [-0.2, 0) is 4.74 Å². The summed E-state index contributed by atoms with van der Waals surface area (Å²) < 4.78 is 5.05. The van der Waals surface area contributed by atoms with E-state index in [2.05, 4.69) is 19.1 Å². The van der Waals surface area contributed by atoms with Gasteiger partial charge in [-0.05, 0) is 12.0 Å². The van der Waals surface area contributed by atoms with Crippen molar-refractivity contribution in [1.82, 2.24) is 0 Å². The highest BCUT2D eigenvalue weighted by molar-refractivity contribution is 5.77. The van der Waals surface area contributed by atoms with Crippen molar-refractivity contribution in [3.63, 3.8) is 0 Å². The lowest BCUT2D eigenvalue weighted by Gasteiger charge is -2.10. The number of hydrogen-bond acceptors (Lipinski definition) is 1. The summed E-state index contributed by atoms with van der Waals surface area (Å²) in [5, 5.41) is 5.75. The number of benzene rings is 1. The van der Waals surface area contributed by atoms with E-state index in [9.17, 15) is 0 Å². The first-order valence-corrected chi connectivity index (χ1v) is 4.50. The quantitative estimate of drug-likeness (QED) is 0.457. The Balaban J connectivity index is 0.00000169. The van der Waals surface area contributed by atoms with Gasteiger partial charge in [-0.15, -0.1) is 0 Å². The molecule has 0 radical (unpaired) electrons. The summed E-state index contributed by atoms with van der Waals surface area (Å²) in [5.74, 6) is 0.805. The van der Waals surface area contributed by atoms with Gasteiger partial charge in [0.1, 0.15) is 5.92 Å².